The van der Waals surface area contributed by atoms with Crippen LogP contribution in [-0.2, 0) is 18.3 Å². The quantitative estimate of drug-likeness (QED) is 0.217. The summed E-state index contributed by atoms with van der Waals surface area (Å²) in [6.07, 6.45) is 12.8. The SMILES string of the molecule is CCOCCC1(CNC(=NCc2nnc(C)n2C)NC2CCCCC2)CCCC1.I. The maximum Gasteiger partial charge on any atom is 0.191 e. The molecule has 0 atom stereocenters. The van der Waals surface area contributed by atoms with Crippen LogP contribution in [0.15, 0.2) is 4.99 Å². The highest BCUT2D eigenvalue weighted by molar-refractivity contribution is 14.0. The zero-order valence-corrected chi connectivity index (χ0v) is 21.4. The third kappa shape index (κ3) is 7.35. The number of aryl methyl sites for hydroxylation is 1. The first-order valence-corrected chi connectivity index (χ1v) is 11.6. The van der Waals surface area contributed by atoms with Crippen LogP contribution in [0.3, 0.4) is 0 Å². The molecule has 1 aromatic rings. The molecule has 0 spiro atoms. The molecular weight excluding hydrogens is 491 g/mol. The van der Waals surface area contributed by atoms with Gasteiger partial charge in [0.2, 0.25) is 0 Å². The summed E-state index contributed by atoms with van der Waals surface area (Å²) in [5.41, 5.74) is 0.339. The Morgan fingerprint density at radius 2 is 1.90 bits per heavy atom. The van der Waals surface area contributed by atoms with Crippen molar-refractivity contribution in [3.8, 4) is 0 Å². The summed E-state index contributed by atoms with van der Waals surface area (Å²) in [6.45, 7) is 7.23. The smallest absolute Gasteiger partial charge is 0.191 e. The van der Waals surface area contributed by atoms with Gasteiger partial charge in [-0.1, -0.05) is 32.1 Å². The zero-order chi connectivity index (χ0) is 20.5. The first kappa shape index (κ1) is 25.4. The van der Waals surface area contributed by atoms with E-state index >= 15 is 0 Å². The lowest BCUT2D eigenvalue weighted by Crippen LogP contribution is -2.47. The Morgan fingerprint density at radius 1 is 1.17 bits per heavy atom. The van der Waals surface area contributed by atoms with Gasteiger partial charge in [-0.2, -0.15) is 0 Å². The largest absolute Gasteiger partial charge is 0.382 e. The van der Waals surface area contributed by atoms with Gasteiger partial charge in [0.1, 0.15) is 12.4 Å². The predicted molar refractivity (Wildman–Crippen MR) is 132 cm³/mol. The average Bonchev–Trinajstić information content (AvgIpc) is 3.33. The van der Waals surface area contributed by atoms with E-state index in [1.54, 1.807) is 0 Å². The zero-order valence-electron chi connectivity index (χ0n) is 19.1. The Bertz CT molecular complexity index is 650. The molecule has 2 aliphatic rings. The number of nitrogens with one attached hydrogen (secondary N) is 2. The van der Waals surface area contributed by atoms with E-state index in [1.165, 1.54) is 57.8 Å². The molecule has 8 heteroatoms. The topological polar surface area (TPSA) is 76.4 Å². The maximum atomic E-state index is 5.68. The minimum atomic E-state index is 0. The number of hydrogen-bond donors (Lipinski definition) is 2. The van der Waals surface area contributed by atoms with Crippen LogP contribution in [0, 0.1) is 12.3 Å². The molecule has 172 valence electrons. The van der Waals surface area contributed by atoms with Gasteiger partial charge in [0.25, 0.3) is 0 Å². The Morgan fingerprint density at radius 3 is 2.53 bits per heavy atom. The normalized spacial score (nSPS) is 19.5. The summed E-state index contributed by atoms with van der Waals surface area (Å²) in [6, 6.07) is 0.527. The van der Waals surface area contributed by atoms with E-state index in [4.69, 9.17) is 9.73 Å². The second-order valence-electron chi connectivity index (χ2n) is 8.87. The molecule has 2 fully saturated rings. The molecule has 2 saturated carbocycles. The monoisotopic (exact) mass is 532 g/mol. The summed E-state index contributed by atoms with van der Waals surface area (Å²) in [5, 5.41) is 15.8. The number of guanidine groups is 1. The molecule has 1 heterocycles. The molecule has 0 aromatic carbocycles. The number of hydrogen-bond acceptors (Lipinski definition) is 4. The van der Waals surface area contributed by atoms with E-state index in [1.807, 2.05) is 18.5 Å². The average molecular weight is 533 g/mol. The lowest BCUT2D eigenvalue weighted by molar-refractivity contribution is 0.105. The first-order chi connectivity index (χ1) is 14.1. The highest BCUT2D eigenvalue weighted by Gasteiger charge is 2.33. The molecule has 30 heavy (non-hydrogen) atoms. The molecule has 7 nitrogen and oxygen atoms in total. The second-order valence-corrected chi connectivity index (χ2v) is 8.87. The molecule has 0 aliphatic heterocycles. The van der Waals surface area contributed by atoms with Crippen LogP contribution in [0.2, 0.25) is 0 Å². The van der Waals surface area contributed by atoms with Gasteiger partial charge in [-0.15, -0.1) is 34.2 Å². The number of nitrogens with zero attached hydrogens (tertiary/aromatic N) is 4. The lowest BCUT2D eigenvalue weighted by Gasteiger charge is -2.31. The fourth-order valence-corrected chi connectivity index (χ4v) is 4.68. The highest BCUT2D eigenvalue weighted by Crippen LogP contribution is 2.40. The molecule has 1 aromatic heterocycles. The van der Waals surface area contributed by atoms with Crippen molar-refractivity contribution >= 4 is 29.9 Å². The predicted octanol–water partition coefficient (Wildman–Crippen LogP) is 4.10. The minimum Gasteiger partial charge on any atom is -0.382 e. The molecular formula is C22H41IN6O. The van der Waals surface area contributed by atoms with Crippen LogP contribution in [-0.4, -0.2) is 46.5 Å². The maximum absolute atomic E-state index is 5.68. The number of aromatic nitrogens is 3. The molecule has 0 bridgehead atoms. The summed E-state index contributed by atoms with van der Waals surface area (Å²) in [5.74, 6) is 2.75. The van der Waals surface area contributed by atoms with Gasteiger partial charge in [-0.05, 0) is 51.4 Å². The fraction of sp³-hybridized carbons (Fsp3) is 0.864. The standard InChI is InChI=1S/C22H40N6O.HI/c1-4-29-15-14-22(12-8-9-13-22)17-24-21(25-19-10-6-5-7-11-19)23-16-20-27-26-18(2)28(20)3;/h19H,4-17H2,1-3H3,(H2,23,24,25);1H. The van der Waals surface area contributed by atoms with E-state index in [0.29, 0.717) is 18.0 Å². The van der Waals surface area contributed by atoms with Crippen LogP contribution in [0.25, 0.3) is 0 Å². The number of halogens is 1. The summed E-state index contributed by atoms with van der Waals surface area (Å²) in [7, 11) is 2.00. The van der Waals surface area contributed by atoms with E-state index in [9.17, 15) is 0 Å². The van der Waals surface area contributed by atoms with Gasteiger partial charge in [0.15, 0.2) is 11.8 Å². The summed E-state index contributed by atoms with van der Waals surface area (Å²) < 4.78 is 7.69. The van der Waals surface area contributed by atoms with Gasteiger partial charge >= 0.3 is 0 Å². The van der Waals surface area contributed by atoms with E-state index < -0.39 is 0 Å². The van der Waals surface area contributed by atoms with Crippen molar-refractivity contribution in [2.75, 3.05) is 19.8 Å². The van der Waals surface area contributed by atoms with Crippen LogP contribution >= 0.6 is 24.0 Å². The van der Waals surface area contributed by atoms with Gasteiger partial charge in [0.05, 0.1) is 0 Å². The fourth-order valence-electron chi connectivity index (χ4n) is 4.68. The van der Waals surface area contributed by atoms with Crippen molar-refractivity contribution in [2.45, 2.75) is 90.6 Å². The molecule has 0 amide bonds. The van der Waals surface area contributed by atoms with Crippen LogP contribution in [0.5, 0.6) is 0 Å². The van der Waals surface area contributed by atoms with Crippen molar-refractivity contribution in [1.82, 2.24) is 25.4 Å². The lowest BCUT2D eigenvalue weighted by atomic mass is 9.83. The van der Waals surface area contributed by atoms with Crippen molar-refractivity contribution in [3.63, 3.8) is 0 Å². The summed E-state index contributed by atoms with van der Waals surface area (Å²) in [4.78, 5) is 4.89. The molecule has 0 saturated heterocycles. The third-order valence-corrected chi connectivity index (χ3v) is 6.78. The van der Waals surface area contributed by atoms with E-state index in [2.05, 4.69) is 27.8 Å². The van der Waals surface area contributed by atoms with Crippen molar-refractivity contribution in [3.05, 3.63) is 11.6 Å². The summed E-state index contributed by atoms with van der Waals surface area (Å²) >= 11 is 0. The van der Waals surface area contributed by atoms with Crippen LogP contribution in [0.1, 0.15) is 82.8 Å². The second kappa shape index (κ2) is 12.8. The highest BCUT2D eigenvalue weighted by atomic mass is 127. The Kier molecular flexibility index (Phi) is 10.8. The van der Waals surface area contributed by atoms with Crippen LogP contribution < -0.4 is 10.6 Å². The van der Waals surface area contributed by atoms with Gasteiger partial charge < -0.3 is 19.9 Å². The number of ether oxygens (including phenoxy) is 1. The Labute approximate surface area is 199 Å². The molecule has 2 aliphatic carbocycles. The Balaban J connectivity index is 0.00000320. The van der Waals surface area contributed by atoms with Gasteiger partial charge in [0, 0.05) is 32.8 Å². The van der Waals surface area contributed by atoms with Crippen molar-refractivity contribution in [1.29, 1.82) is 0 Å². The first-order valence-electron chi connectivity index (χ1n) is 11.6. The minimum absolute atomic E-state index is 0. The van der Waals surface area contributed by atoms with Crippen molar-refractivity contribution in [2.24, 2.45) is 17.5 Å². The number of aliphatic imine (C=N–C) groups is 1. The molecule has 2 N–H and O–H groups in total. The third-order valence-electron chi connectivity index (χ3n) is 6.78. The molecule has 3 rings (SSSR count). The van der Waals surface area contributed by atoms with Crippen molar-refractivity contribution < 1.29 is 4.74 Å². The Hall–Kier alpha value is -0.900. The molecule has 0 unspecified atom stereocenters. The molecule has 0 radical (unpaired) electrons. The van der Waals surface area contributed by atoms with Crippen LogP contribution in [0.4, 0.5) is 0 Å². The van der Waals surface area contributed by atoms with E-state index in [0.717, 1.165) is 43.8 Å². The van der Waals surface area contributed by atoms with Gasteiger partial charge in [-0.25, -0.2) is 4.99 Å². The van der Waals surface area contributed by atoms with Gasteiger partial charge in [-0.3, -0.25) is 0 Å². The van der Waals surface area contributed by atoms with E-state index in [-0.39, 0.29) is 24.0 Å². The number of rotatable bonds is 9.